The maximum absolute atomic E-state index is 12.4. The number of amides is 1. The molecule has 0 aromatic rings. The third-order valence-electron chi connectivity index (χ3n) is 3.19. The molecule has 0 aliphatic carbocycles. The van der Waals surface area contributed by atoms with Crippen LogP contribution < -0.4 is 11.1 Å². The van der Waals surface area contributed by atoms with Crippen molar-refractivity contribution in [2.75, 3.05) is 13.2 Å². The van der Waals surface area contributed by atoms with Gasteiger partial charge in [0.25, 0.3) is 0 Å². The van der Waals surface area contributed by atoms with Crippen molar-refractivity contribution in [3.05, 3.63) is 0 Å². The average molecular weight is 294 g/mol. The molecule has 4 nitrogen and oxygen atoms in total. The fourth-order valence-electron chi connectivity index (χ4n) is 1.73. The van der Waals surface area contributed by atoms with Crippen molar-refractivity contribution in [2.24, 2.45) is 17.6 Å². The summed E-state index contributed by atoms with van der Waals surface area (Å²) >= 11 is 0. The zero-order chi connectivity index (χ0) is 15.8. The van der Waals surface area contributed by atoms with Crippen LogP contribution in [0.2, 0.25) is 0 Å². The second kappa shape index (κ2) is 9.10. The van der Waals surface area contributed by atoms with E-state index in [2.05, 4.69) is 19.2 Å². The number of carbonyl (C=O) groups excluding carboxylic acids is 1. The fraction of sp³-hybridized carbons (Fsp3) is 0.929. The Morgan fingerprint density at radius 2 is 1.90 bits per heavy atom. The predicted octanol–water partition coefficient (Wildman–Crippen LogP) is 3.16. The highest BCUT2D eigenvalue weighted by molar-refractivity contribution is 5.68. The molecule has 0 aromatic heterocycles. The molecule has 6 heteroatoms. The minimum Gasteiger partial charge on any atom is -0.449 e. The minimum absolute atomic E-state index is 0.0602. The van der Waals surface area contributed by atoms with Gasteiger partial charge in [0, 0.05) is 13.0 Å². The number of ether oxygens (including phenoxy) is 1. The third-order valence-corrected chi connectivity index (χ3v) is 3.19. The van der Waals surface area contributed by atoms with E-state index in [-0.39, 0.29) is 19.1 Å². The zero-order valence-electron chi connectivity index (χ0n) is 12.9. The molecular weight excluding hydrogens is 266 g/mol. The standard InChI is InChI=1S/C14H28F2N2O2/c1-10(2)5-6-11(3)8-20-13(19)18-14(4,9-17)7-12(15)16/h10-12H,5-9,17H2,1-4H3,(H,18,19)/t11-,14+/m1/s1. The third kappa shape index (κ3) is 9.07. The summed E-state index contributed by atoms with van der Waals surface area (Å²) in [7, 11) is 0. The SMILES string of the molecule is CC(C)CC[C@@H](C)COC(=O)N[C@](C)(CN)CC(F)F. The van der Waals surface area contributed by atoms with Crippen molar-refractivity contribution >= 4 is 6.09 Å². The number of alkyl carbamates (subject to hydrolysis) is 1. The van der Waals surface area contributed by atoms with Crippen molar-refractivity contribution in [3.63, 3.8) is 0 Å². The number of hydrogen-bond acceptors (Lipinski definition) is 3. The second-order valence-electron chi connectivity index (χ2n) is 6.16. The monoisotopic (exact) mass is 294 g/mol. The summed E-state index contributed by atoms with van der Waals surface area (Å²) in [5.74, 6) is 0.861. The highest BCUT2D eigenvalue weighted by Crippen LogP contribution is 2.15. The largest absolute Gasteiger partial charge is 0.449 e. The van der Waals surface area contributed by atoms with Gasteiger partial charge in [-0.15, -0.1) is 0 Å². The maximum atomic E-state index is 12.4. The number of hydrogen-bond donors (Lipinski definition) is 2. The molecule has 0 bridgehead atoms. The van der Waals surface area contributed by atoms with Crippen LogP contribution in [-0.2, 0) is 4.74 Å². The summed E-state index contributed by atoms with van der Waals surface area (Å²) < 4.78 is 29.9. The quantitative estimate of drug-likeness (QED) is 0.686. The Kier molecular flexibility index (Phi) is 8.69. The molecule has 20 heavy (non-hydrogen) atoms. The molecule has 0 aliphatic rings. The topological polar surface area (TPSA) is 64.3 Å². The maximum Gasteiger partial charge on any atom is 0.407 e. The van der Waals surface area contributed by atoms with E-state index in [4.69, 9.17) is 10.5 Å². The lowest BCUT2D eigenvalue weighted by Gasteiger charge is -2.28. The van der Waals surface area contributed by atoms with Crippen LogP contribution in [0.5, 0.6) is 0 Å². The summed E-state index contributed by atoms with van der Waals surface area (Å²) in [5.41, 5.74) is 4.30. The van der Waals surface area contributed by atoms with Crippen LogP contribution in [0.25, 0.3) is 0 Å². The van der Waals surface area contributed by atoms with Gasteiger partial charge in [-0.25, -0.2) is 13.6 Å². The Labute approximate surface area is 120 Å². The van der Waals surface area contributed by atoms with E-state index >= 15 is 0 Å². The van der Waals surface area contributed by atoms with E-state index in [1.165, 1.54) is 6.92 Å². The molecule has 0 rings (SSSR count). The molecule has 3 N–H and O–H groups in total. The number of alkyl halides is 2. The van der Waals surface area contributed by atoms with Gasteiger partial charge in [0.05, 0.1) is 12.1 Å². The molecule has 0 saturated heterocycles. The van der Waals surface area contributed by atoms with Crippen molar-refractivity contribution in [1.82, 2.24) is 5.32 Å². The molecule has 0 heterocycles. The van der Waals surface area contributed by atoms with Crippen LogP contribution in [0.3, 0.4) is 0 Å². The Balaban J connectivity index is 4.08. The van der Waals surface area contributed by atoms with Crippen LogP contribution in [0.1, 0.15) is 47.0 Å². The van der Waals surface area contributed by atoms with Crippen molar-refractivity contribution in [1.29, 1.82) is 0 Å². The number of nitrogens with one attached hydrogen (secondary N) is 1. The molecular formula is C14H28F2N2O2. The van der Waals surface area contributed by atoms with Gasteiger partial charge in [-0.1, -0.05) is 27.2 Å². The minimum atomic E-state index is -2.52. The van der Waals surface area contributed by atoms with E-state index in [1.807, 2.05) is 6.92 Å². The molecule has 0 unspecified atom stereocenters. The first-order chi connectivity index (χ1) is 9.18. The first-order valence-electron chi connectivity index (χ1n) is 7.11. The van der Waals surface area contributed by atoms with Gasteiger partial charge in [0.15, 0.2) is 0 Å². The summed E-state index contributed by atoms with van der Waals surface area (Å²) in [5, 5.41) is 2.43. The van der Waals surface area contributed by atoms with Gasteiger partial charge in [-0.2, -0.15) is 0 Å². The van der Waals surface area contributed by atoms with Crippen molar-refractivity contribution < 1.29 is 18.3 Å². The Bertz CT molecular complexity index is 288. The molecule has 0 aromatic carbocycles. The Morgan fingerprint density at radius 3 is 2.35 bits per heavy atom. The Hall–Kier alpha value is -0.910. The van der Waals surface area contributed by atoms with Crippen LogP contribution in [0.15, 0.2) is 0 Å². The van der Waals surface area contributed by atoms with Gasteiger partial charge in [0.2, 0.25) is 6.43 Å². The fourth-order valence-corrected chi connectivity index (χ4v) is 1.73. The number of rotatable bonds is 9. The Morgan fingerprint density at radius 1 is 1.30 bits per heavy atom. The number of halogens is 2. The molecule has 0 aliphatic heterocycles. The lowest BCUT2D eigenvalue weighted by molar-refractivity contribution is 0.0845. The highest BCUT2D eigenvalue weighted by atomic mass is 19.3. The first-order valence-corrected chi connectivity index (χ1v) is 7.11. The van der Waals surface area contributed by atoms with Gasteiger partial charge in [-0.05, 0) is 25.2 Å². The molecule has 0 fully saturated rings. The highest BCUT2D eigenvalue weighted by Gasteiger charge is 2.29. The smallest absolute Gasteiger partial charge is 0.407 e. The molecule has 0 spiro atoms. The molecule has 0 saturated carbocycles. The lowest BCUT2D eigenvalue weighted by atomic mass is 9.99. The van der Waals surface area contributed by atoms with Gasteiger partial charge < -0.3 is 15.8 Å². The number of carbonyl (C=O) groups is 1. The number of nitrogens with two attached hydrogens (primary N) is 1. The summed E-state index contributed by atoms with van der Waals surface area (Å²) in [6, 6.07) is 0. The van der Waals surface area contributed by atoms with Crippen LogP contribution in [0, 0.1) is 11.8 Å². The lowest BCUT2D eigenvalue weighted by Crippen LogP contribution is -2.52. The molecule has 2 atom stereocenters. The molecule has 120 valence electrons. The van der Waals surface area contributed by atoms with Gasteiger partial charge >= 0.3 is 6.09 Å². The van der Waals surface area contributed by atoms with Crippen molar-refractivity contribution in [2.45, 2.75) is 58.9 Å². The normalized spacial score (nSPS) is 16.1. The molecule has 0 radical (unpaired) electrons. The predicted molar refractivity (Wildman–Crippen MR) is 75.8 cm³/mol. The summed E-state index contributed by atoms with van der Waals surface area (Å²) in [6.07, 6.45) is -1.65. The van der Waals surface area contributed by atoms with Crippen LogP contribution in [-0.4, -0.2) is 31.2 Å². The van der Waals surface area contributed by atoms with Gasteiger partial charge in [0.1, 0.15) is 0 Å². The van der Waals surface area contributed by atoms with Crippen LogP contribution in [0.4, 0.5) is 13.6 Å². The zero-order valence-corrected chi connectivity index (χ0v) is 12.9. The average Bonchev–Trinajstić information content (AvgIpc) is 2.32. The van der Waals surface area contributed by atoms with Gasteiger partial charge in [-0.3, -0.25) is 0 Å². The second-order valence-corrected chi connectivity index (χ2v) is 6.16. The van der Waals surface area contributed by atoms with Crippen molar-refractivity contribution in [3.8, 4) is 0 Å². The van der Waals surface area contributed by atoms with E-state index in [9.17, 15) is 13.6 Å². The summed E-state index contributed by atoms with van der Waals surface area (Å²) in [6.45, 7) is 7.98. The van der Waals surface area contributed by atoms with Crippen LogP contribution >= 0.6 is 0 Å². The van der Waals surface area contributed by atoms with E-state index in [0.717, 1.165) is 12.8 Å². The van der Waals surface area contributed by atoms with E-state index in [0.29, 0.717) is 5.92 Å². The van der Waals surface area contributed by atoms with E-state index < -0.39 is 24.5 Å². The molecule has 1 amide bonds. The summed E-state index contributed by atoms with van der Waals surface area (Å²) in [4.78, 5) is 11.6. The first kappa shape index (κ1) is 19.1. The van der Waals surface area contributed by atoms with E-state index in [1.54, 1.807) is 0 Å².